The Morgan fingerprint density at radius 2 is 2.10 bits per heavy atom. The molecule has 0 saturated heterocycles. The van der Waals surface area contributed by atoms with Gasteiger partial charge < -0.3 is 10.3 Å². The van der Waals surface area contributed by atoms with Gasteiger partial charge in [-0.2, -0.15) is 0 Å². The average molecular weight is 335 g/mol. The minimum Gasteiger partial charge on any atom is -0.329 e. The van der Waals surface area contributed by atoms with Gasteiger partial charge in [0.2, 0.25) is 0 Å². The normalized spacial score (nSPS) is 16.6. The van der Waals surface area contributed by atoms with Gasteiger partial charge in [-0.25, -0.2) is 9.97 Å². The van der Waals surface area contributed by atoms with Gasteiger partial charge in [0.1, 0.15) is 5.82 Å². The number of hydrogen-bond donors (Lipinski definition) is 2. The molecule has 1 aliphatic carbocycles. The fourth-order valence-corrected chi connectivity index (χ4v) is 2.63. The lowest BCUT2D eigenvalue weighted by Crippen LogP contribution is -2.49. The molecule has 0 unspecified atom stereocenters. The third kappa shape index (κ3) is 2.53. The molecule has 0 spiro atoms. The van der Waals surface area contributed by atoms with Crippen LogP contribution in [-0.2, 0) is 12.1 Å². The summed E-state index contributed by atoms with van der Waals surface area (Å²) in [4.78, 5) is 23.2. The van der Waals surface area contributed by atoms with Crippen molar-refractivity contribution < 1.29 is 0 Å². The quantitative estimate of drug-likeness (QED) is 0.898. The van der Waals surface area contributed by atoms with E-state index in [2.05, 4.69) is 36.2 Å². The highest BCUT2D eigenvalue weighted by Gasteiger charge is 2.40. The second kappa shape index (κ2) is 5.46. The van der Waals surface area contributed by atoms with Gasteiger partial charge in [-0.05, 0) is 41.3 Å². The van der Waals surface area contributed by atoms with Crippen molar-refractivity contribution in [1.82, 2.24) is 20.3 Å². The number of hydrogen-bond acceptors (Lipinski definition) is 4. The molecule has 2 N–H and O–H groups in total. The van der Waals surface area contributed by atoms with E-state index in [4.69, 9.17) is 0 Å². The number of halogens is 1. The van der Waals surface area contributed by atoms with Crippen molar-refractivity contribution >= 4 is 15.9 Å². The standard InChI is InChI=1S/C14H15BrN4O/c15-11-8-17-13(18-9-11)14(4-2-5-14)19-7-10-3-1-6-16-12(10)20/h1,3,6,8-9,19H,2,4-5,7H2,(H,16,20). The van der Waals surface area contributed by atoms with Crippen molar-refractivity contribution in [2.75, 3.05) is 0 Å². The maximum absolute atomic E-state index is 11.7. The van der Waals surface area contributed by atoms with E-state index in [0.29, 0.717) is 6.54 Å². The van der Waals surface area contributed by atoms with Gasteiger partial charge in [-0.15, -0.1) is 0 Å². The first kappa shape index (κ1) is 13.5. The SMILES string of the molecule is O=c1[nH]cccc1CNC1(c2ncc(Br)cn2)CCC1. The first-order valence-corrected chi connectivity index (χ1v) is 7.39. The monoisotopic (exact) mass is 334 g/mol. The second-order valence-corrected chi connectivity index (χ2v) is 5.95. The molecule has 20 heavy (non-hydrogen) atoms. The number of aromatic amines is 1. The van der Waals surface area contributed by atoms with E-state index in [1.807, 2.05) is 12.1 Å². The molecule has 0 atom stereocenters. The van der Waals surface area contributed by atoms with Crippen LogP contribution in [0.3, 0.4) is 0 Å². The largest absolute Gasteiger partial charge is 0.329 e. The zero-order chi connectivity index (χ0) is 14.0. The summed E-state index contributed by atoms with van der Waals surface area (Å²) in [6, 6.07) is 3.67. The molecule has 2 heterocycles. The number of aromatic nitrogens is 3. The Kier molecular flexibility index (Phi) is 3.67. The summed E-state index contributed by atoms with van der Waals surface area (Å²) < 4.78 is 0.871. The van der Waals surface area contributed by atoms with Crippen molar-refractivity contribution in [1.29, 1.82) is 0 Å². The molecule has 1 fully saturated rings. The lowest BCUT2D eigenvalue weighted by molar-refractivity contribution is 0.170. The van der Waals surface area contributed by atoms with Crippen LogP contribution in [-0.4, -0.2) is 15.0 Å². The molecule has 0 radical (unpaired) electrons. The van der Waals surface area contributed by atoms with Crippen LogP contribution in [0.4, 0.5) is 0 Å². The lowest BCUT2D eigenvalue weighted by Gasteiger charge is -2.41. The summed E-state index contributed by atoms with van der Waals surface area (Å²) in [5.74, 6) is 0.805. The Hall–Kier alpha value is -1.53. The van der Waals surface area contributed by atoms with Crippen LogP contribution < -0.4 is 10.9 Å². The molecular weight excluding hydrogens is 320 g/mol. The summed E-state index contributed by atoms with van der Waals surface area (Å²) in [5, 5.41) is 3.47. The molecule has 104 valence electrons. The summed E-state index contributed by atoms with van der Waals surface area (Å²) in [6.45, 7) is 0.523. The van der Waals surface area contributed by atoms with Gasteiger partial charge in [0.15, 0.2) is 0 Å². The number of nitrogens with one attached hydrogen (secondary N) is 2. The van der Waals surface area contributed by atoms with Crippen molar-refractivity contribution in [2.45, 2.75) is 31.3 Å². The fraction of sp³-hybridized carbons (Fsp3) is 0.357. The highest BCUT2D eigenvalue weighted by Crippen LogP contribution is 2.39. The minimum atomic E-state index is -0.191. The molecule has 3 rings (SSSR count). The second-order valence-electron chi connectivity index (χ2n) is 5.04. The van der Waals surface area contributed by atoms with Crippen molar-refractivity contribution in [2.24, 2.45) is 0 Å². The summed E-state index contributed by atoms with van der Waals surface area (Å²) in [7, 11) is 0. The Morgan fingerprint density at radius 1 is 1.35 bits per heavy atom. The number of nitrogens with zero attached hydrogens (tertiary/aromatic N) is 2. The van der Waals surface area contributed by atoms with Crippen LogP contribution in [0.25, 0.3) is 0 Å². The van der Waals surface area contributed by atoms with Crippen LogP contribution in [0.15, 0.2) is 40.0 Å². The molecule has 2 aromatic heterocycles. The van der Waals surface area contributed by atoms with E-state index < -0.39 is 0 Å². The van der Waals surface area contributed by atoms with E-state index in [9.17, 15) is 4.79 Å². The maximum atomic E-state index is 11.7. The number of H-pyrrole nitrogens is 1. The Bertz CT molecular complexity index is 649. The van der Waals surface area contributed by atoms with Gasteiger partial charge in [-0.3, -0.25) is 4.79 Å². The smallest absolute Gasteiger partial charge is 0.252 e. The lowest BCUT2D eigenvalue weighted by atomic mass is 9.76. The van der Waals surface area contributed by atoms with Crippen LogP contribution in [0.5, 0.6) is 0 Å². The summed E-state index contributed by atoms with van der Waals surface area (Å²) in [6.07, 6.45) is 8.32. The summed E-state index contributed by atoms with van der Waals surface area (Å²) >= 11 is 3.35. The predicted octanol–water partition coefficient (Wildman–Crippen LogP) is 2.10. The Balaban J connectivity index is 1.79. The van der Waals surface area contributed by atoms with Crippen LogP contribution >= 0.6 is 15.9 Å². The van der Waals surface area contributed by atoms with Crippen LogP contribution in [0.2, 0.25) is 0 Å². The van der Waals surface area contributed by atoms with Gasteiger partial charge >= 0.3 is 0 Å². The Morgan fingerprint density at radius 3 is 2.70 bits per heavy atom. The maximum Gasteiger partial charge on any atom is 0.252 e. The van der Waals surface area contributed by atoms with E-state index in [1.54, 1.807) is 18.6 Å². The highest BCUT2D eigenvalue weighted by atomic mass is 79.9. The number of rotatable bonds is 4. The van der Waals surface area contributed by atoms with Gasteiger partial charge in [0.05, 0.1) is 10.0 Å². The molecular formula is C14H15BrN4O. The van der Waals surface area contributed by atoms with Gasteiger partial charge in [0, 0.05) is 30.7 Å². The van der Waals surface area contributed by atoms with E-state index in [1.165, 1.54) is 0 Å². The molecule has 5 nitrogen and oxygen atoms in total. The fourth-order valence-electron chi connectivity index (χ4n) is 2.43. The van der Waals surface area contributed by atoms with Crippen molar-refractivity contribution in [3.05, 3.63) is 56.9 Å². The van der Waals surface area contributed by atoms with E-state index in [-0.39, 0.29) is 11.1 Å². The van der Waals surface area contributed by atoms with E-state index in [0.717, 1.165) is 35.1 Å². The van der Waals surface area contributed by atoms with E-state index >= 15 is 0 Å². The van der Waals surface area contributed by atoms with Crippen LogP contribution in [0.1, 0.15) is 30.7 Å². The van der Waals surface area contributed by atoms with Gasteiger partial charge in [0.25, 0.3) is 5.56 Å². The highest BCUT2D eigenvalue weighted by molar-refractivity contribution is 9.10. The molecule has 1 saturated carbocycles. The Labute approximate surface area is 125 Å². The molecule has 0 aliphatic heterocycles. The van der Waals surface area contributed by atoms with Gasteiger partial charge in [-0.1, -0.05) is 6.07 Å². The summed E-state index contributed by atoms with van der Waals surface area (Å²) in [5.41, 5.74) is 0.491. The predicted molar refractivity (Wildman–Crippen MR) is 79.2 cm³/mol. The third-order valence-electron chi connectivity index (χ3n) is 3.77. The topological polar surface area (TPSA) is 70.7 Å². The zero-order valence-electron chi connectivity index (χ0n) is 10.9. The molecule has 1 aliphatic rings. The minimum absolute atomic E-state index is 0.0498. The number of pyridine rings is 1. The molecule has 2 aromatic rings. The molecule has 6 heteroatoms. The van der Waals surface area contributed by atoms with Crippen LogP contribution in [0, 0.1) is 0 Å². The third-order valence-corrected chi connectivity index (χ3v) is 4.18. The zero-order valence-corrected chi connectivity index (χ0v) is 12.5. The van der Waals surface area contributed by atoms with Crippen molar-refractivity contribution in [3.8, 4) is 0 Å². The molecule has 0 bridgehead atoms. The molecule has 0 amide bonds. The molecule has 0 aromatic carbocycles. The first-order valence-electron chi connectivity index (χ1n) is 6.59. The van der Waals surface area contributed by atoms with Crippen molar-refractivity contribution in [3.63, 3.8) is 0 Å². The first-order chi connectivity index (χ1) is 9.70. The average Bonchev–Trinajstić information content (AvgIpc) is 2.41.